The Balaban J connectivity index is 2.03. The molecule has 0 saturated carbocycles. The standard InChI is InChI=1S/C17H22N2O2/c1-17(2)12-15(8-10-21-17)19-16(20)14-7-3-5-13(11-14)6-4-9-18/h3,5,7,11,15H,8-10,12,18H2,1-2H3,(H,19,20). The summed E-state index contributed by atoms with van der Waals surface area (Å²) < 4.78 is 5.66. The van der Waals surface area contributed by atoms with Crippen LogP contribution in [0.25, 0.3) is 0 Å². The molecule has 1 fully saturated rings. The molecule has 1 amide bonds. The monoisotopic (exact) mass is 286 g/mol. The van der Waals surface area contributed by atoms with E-state index in [1.807, 2.05) is 26.0 Å². The van der Waals surface area contributed by atoms with E-state index in [1.54, 1.807) is 12.1 Å². The third kappa shape index (κ3) is 4.59. The van der Waals surface area contributed by atoms with Gasteiger partial charge in [0.05, 0.1) is 12.1 Å². The van der Waals surface area contributed by atoms with Gasteiger partial charge in [-0.2, -0.15) is 0 Å². The van der Waals surface area contributed by atoms with Gasteiger partial charge in [0.1, 0.15) is 0 Å². The lowest BCUT2D eigenvalue weighted by atomic mass is 9.93. The highest BCUT2D eigenvalue weighted by Crippen LogP contribution is 2.24. The van der Waals surface area contributed by atoms with E-state index in [9.17, 15) is 4.79 Å². The number of hydrogen-bond donors (Lipinski definition) is 2. The van der Waals surface area contributed by atoms with Crippen LogP contribution in [0.1, 0.15) is 42.6 Å². The molecule has 1 unspecified atom stereocenters. The summed E-state index contributed by atoms with van der Waals surface area (Å²) in [4.78, 5) is 12.3. The Morgan fingerprint density at radius 2 is 2.33 bits per heavy atom. The molecular weight excluding hydrogens is 264 g/mol. The molecule has 0 aromatic heterocycles. The van der Waals surface area contributed by atoms with Crippen LogP contribution >= 0.6 is 0 Å². The van der Waals surface area contributed by atoms with Gasteiger partial charge < -0.3 is 15.8 Å². The molecule has 0 spiro atoms. The van der Waals surface area contributed by atoms with Gasteiger partial charge in [0.15, 0.2) is 0 Å². The molecule has 1 aromatic carbocycles. The fourth-order valence-electron chi connectivity index (χ4n) is 2.52. The zero-order chi connectivity index (χ0) is 15.3. The second-order valence-corrected chi connectivity index (χ2v) is 5.86. The predicted molar refractivity (Wildman–Crippen MR) is 82.9 cm³/mol. The summed E-state index contributed by atoms with van der Waals surface area (Å²) in [6, 6.07) is 7.45. The second kappa shape index (κ2) is 6.75. The van der Waals surface area contributed by atoms with Crippen LogP contribution in [0, 0.1) is 11.8 Å². The van der Waals surface area contributed by atoms with Crippen LogP contribution in [-0.2, 0) is 4.74 Å². The van der Waals surface area contributed by atoms with Crippen molar-refractivity contribution >= 4 is 5.91 Å². The van der Waals surface area contributed by atoms with Crippen molar-refractivity contribution in [3.63, 3.8) is 0 Å². The van der Waals surface area contributed by atoms with E-state index in [-0.39, 0.29) is 17.6 Å². The molecule has 1 atom stereocenters. The smallest absolute Gasteiger partial charge is 0.251 e. The topological polar surface area (TPSA) is 64.4 Å². The first-order valence-electron chi connectivity index (χ1n) is 7.24. The third-order valence-corrected chi connectivity index (χ3v) is 3.49. The Morgan fingerprint density at radius 1 is 1.52 bits per heavy atom. The van der Waals surface area contributed by atoms with Gasteiger partial charge in [0.25, 0.3) is 5.91 Å². The first-order valence-corrected chi connectivity index (χ1v) is 7.24. The number of nitrogens with one attached hydrogen (secondary N) is 1. The third-order valence-electron chi connectivity index (χ3n) is 3.49. The normalized spacial score (nSPS) is 20.2. The van der Waals surface area contributed by atoms with Gasteiger partial charge in [-0.05, 0) is 44.9 Å². The average molecular weight is 286 g/mol. The summed E-state index contributed by atoms with van der Waals surface area (Å²) in [5, 5.41) is 3.08. The highest BCUT2D eigenvalue weighted by Gasteiger charge is 2.29. The molecule has 0 radical (unpaired) electrons. The van der Waals surface area contributed by atoms with E-state index in [1.165, 1.54) is 0 Å². The summed E-state index contributed by atoms with van der Waals surface area (Å²) in [6.07, 6.45) is 1.67. The second-order valence-electron chi connectivity index (χ2n) is 5.86. The Bertz CT molecular complexity index is 570. The molecule has 2 rings (SSSR count). The van der Waals surface area contributed by atoms with Crippen molar-refractivity contribution in [2.75, 3.05) is 13.2 Å². The van der Waals surface area contributed by atoms with Crippen molar-refractivity contribution in [1.82, 2.24) is 5.32 Å². The maximum absolute atomic E-state index is 12.3. The number of rotatable bonds is 2. The molecule has 0 aliphatic carbocycles. The Kier molecular flexibility index (Phi) is 5.00. The van der Waals surface area contributed by atoms with E-state index < -0.39 is 0 Å². The van der Waals surface area contributed by atoms with Gasteiger partial charge in [-0.25, -0.2) is 0 Å². The lowest BCUT2D eigenvalue weighted by molar-refractivity contribution is -0.0615. The van der Waals surface area contributed by atoms with E-state index in [2.05, 4.69) is 17.2 Å². The lowest BCUT2D eigenvalue weighted by Crippen LogP contribution is -2.45. The van der Waals surface area contributed by atoms with Crippen molar-refractivity contribution < 1.29 is 9.53 Å². The Morgan fingerprint density at radius 3 is 3.05 bits per heavy atom. The first-order chi connectivity index (χ1) is 10.00. The lowest BCUT2D eigenvalue weighted by Gasteiger charge is -2.35. The molecule has 1 saturated heterocycles. The van der Waals surface area contributed by atoms with Gasteiger partial charge >= 0.3 is 0 Å². The number of amides is 1. The number of carbonyl (C=O) groups is 1. The zero-order valence-electron chi connectivity index (χ0n) is 12.6. The highest BCUT2D eigenvalue weighted by atomic mass is 16.5. The predicted octanol–water partition coefficient (Wildman–Crippen LogP) is 1.68. The summed E-state index contributed by atoms with van der Waals surface area (Å²) in [6.45, 7) is 5.09. The van der Waals surface area contributed by atoms with Gasteiger partial charge in [-0.1, -0.05) is 17.9 Å². The molecule has 3 N–H and O–H groups in total. The van der Waals surface area contributed by atoms with Crippen molar-refractivity contribution in [1.29, 1.82) is 0 Å². The zero-order valence-corrected chi connectivity index (χ0v) is 12.6. The summed E-state index contributed by atoms with van der Waals surface area (Å²) in [5.41, 5.74) is 6.62. The summed E-state index contributed by atoms with van der Waals surface area (Å²) in [7, 11) is 0. The van der Waals surface area contributed by atoms with Crippen molar-refractivity contribution in [3.05, 3.63) is 35.4 Å². The number of carbonyl (C=O) groups excluding carboxylic acids is 1. The first kappa shape index (κ1) is 15.6. The van der Waals surface area contributed by atoms with E-state index in [0.717, 1.165) is 18.4 Å². The Hall–Kier alpha value is -1.83. The van der Waals surface area contributed by atoms with Crippen LogP contribution < -0.4 is 11.1 Å². The minimum Gasteiger partial charge on any atom is -0.375 e. The molecule has 21 heavy (non-hydrogen) atoms. The molecule has 112 valence electrons. The van der Waals surface area contributed by atoms with E-state index in [0.29, 0.717) is 18.7 Å². The van der Waals surface area contributed by atoms with Crippen molar-refractivity contribution in [2.24, 2.45) is 5.73 Å². The largest absolute Gasteiger partial charge is 0.375 e. The van der Waals surface area contributed by atoms with Crippen LogP contribution in [0.2, 0.25) is 0 Å². The quantitative estimate of drug-likeness (QED) is 0.813. The SMILES string of the molecule is CC1(C)CC(NC(=O)c2cccc(C#CCN)c2)CCO1. The van der Waals surface area contributed by atoms with Crippen LogP contribution in [-0.4, -0.2) is 30.7 Å². The van der Waals surface area contributed by atoms with Crippen molar-refractivity contribution in [3.8, 4) is 11.8 Å². The Labute approximate surface area is 126 Å². The van der Waals surface area contributed by atoms with Crippen LogP contribution in [0.5, 0.6) is 0 Å². The van der Waals surface area contributed by atoms with E-state index in [4.69, 9.17) is 10.5 Å². The fourth-order valence-corrected chi connectivity index (χ4v) is 2.52. The number of hydrogen-bond acceptors (Lipinski definition) is 3. The molecule has 1 heterocycles. The van der Waals surface area contributed by atoms with Gasteiger partial charge in [0, 0.05) is 23.8 Å². The molecule has 1 aromatic rings. The number of benzene rings is 1. The number of nitrogens with two attached hydrogens (primary N) is 1. The van der Waals surface area contributed by atoms with Crippen LogP contribution in [0.3, 0.4) is 0 Å². The maximum Gasteiger partial charge on any atom is 0.251 e. The molecule has 4 heteroatoms. The fraction of sp³-hybridized carbons (Fsp3) is 0.471. The minimum absolute atomic E-state index is 0.0610. The molecular formula is C17H22N2O2. The minimum atomic E-state index is -0.176. The van der Waals surface area contributed by atoms with Gasteiger partial charge in [-0.3, -0.25) is 4.79 Å². The number of ether oxygens (including phenoxy) is 1. The van der Waals surface area contributed by atoms with E-state index >= 15 is 0 Å². The molecule has 1 aliphatic heterocycles. The maximum atomic E-state index is 12.3. The van der Waals surface area contributed by atoms with Crippen LogP contribution in [0.15, 0.2) is 24.3 Å². The average Bonchev–Trinajstić information content (AvgIpc) is 2.44. The molecule has 1 aliphatic rings. The summed E-state index contributed by atoms with van der Waals surface area (Å²) in [5.74, 6) is 5.67. The summed E-state index contributed by atoms with van der Waals surface area (Å²) >= 11 is 0. The van der Waals surface area contributed by atoms with Gasteiger partial charge in [-0.15, -0.1) is 0 Å². The van der Waals surface area contributed by atoms with Crippen molar-refractivity contribution in [2.45, 2.75) is 38.3 Å². The highest BCUT2D eigenvalue weighted by molar-refractivity contribution is 5.94. The van der Waals surface area contributed by atoms with Crippen LogP contribution in [0.4, 0.5) is 0 Å². The molecule has 0 bridgehead atoms. The van der Waals surface area contributed by atoms with Gasteiger partial charge in [0.2, 0.25) is 0 Å². The molecule has 4 nitrogen and oxygen atoms in total.